The molecule has 2 aromatic carbocycles. The average molecular weight is 422 g/mol. The smallest absolute Gasteiger partial charge is 0.262 e. The van der Waals surface area contributed by atoms with Crippen LogP contribution in [0.4, 0.5) is 5.69 Å². The fourth-order valence-corrected chi connectivity index (χ4v) is 3.83. The zero-order valence-corrected chi connectivity index (χ0v) is 18.4. The van der Waals surface area contributed by atoms with Crippen LogP contribution >= 0.6 is 11.3 Å². The van der Waals surface area contributed by atoms with Gasteiger partial charge in [0.1, 0.15) is 6.04 Å². The fraction of sp³-hybridized carbons (Fsp3) is 0.250. The van der Waals surface area contributed by atoms with Gasteiger partial charge in [0, 0.05) is 39.8 Å². The van der Waals surface area contributed by atoms with Crippen LogP contribution in [0.15, 0.2) is 72.1 Å². The first-order valence-corrected chi connectivity index (χ1v) is 10.7. The number of nitrogens with zero attached hydrogens (tertiary/aromatic N) is 2. The van der Waals surface area contributed by atoms with E-state index in [1.807, 2.05) is 85.0 Å². The largest absolute Gasteiger partial charge is 0.378 e. The Kier molecular flexibility index (Phi) is 7.25. The van der Waals surface area contributed by atoms with E-state index in [9.17, 15) is 9.59 Å². The predicted octanol–water partition coefficient (Wildman–Crippen LogP) is 3.81. The average Bonchev–Trinajstić information content (AvgIpc) is 3.29. The van der Waals surface area contributed by atoms with Crippen molar-refractivity contribution in [3.8, 4) is 0 Å². The second-order valence-electron chi connectivity index (χ2n) is 7.45. The van der Waals surface area contributed by atoms with E-state index in [0.29, 0.717) is 17.8 Å². The number of benzene rings is 2. The molecule has 1 aromatic heterocycles. The van der Waals surface area contributed by atoms with Crippen LogP contribution in [0, 0.1) is 0 Å². The third kappa shape index (κ3) is 5.70. The Balaban J connectivity index is 1.73. The lowest BCUT2D eigenvalue weighted by Gasteiger charge is -2.25. The lowest BCUT2D eigenvalue weighted by molar-refractivity contribution is -0.132. The van der Waals surface area contributed by atoms with Gasteiger partial charge in [0.15, 0.2) is 0 Å². The van der Waals surface area contributed by atoms with E-state index in [-0.39, 0.29) is 11.8 Å². The van der Waals surface area contributed by atoms with E-state index in [1.54, 1.807) is 18.0 Å². The maximum absolute atomic E-state index is 13.2. The third-order valence-electron chi connectivity index (χ3n) is 4.88. The van der Waals surface area contributed by atoms with Crippen LogP contribution in [0.25, 0.3) is 0 Å². The molecule has 156 valence electrons. The highest BCUT2D eigenvalue weighted by Crippen LogP contribution is 2.15. The number of carbonyl (C=O) groups is 2. The lowest BCUT2D eigenvalue weighted by Crippen LogP contribution is -2.48. The molecule has 1 atom stereocenters. The molecule has 3 rings (SSSR count). The standard InChI is InChI=1S/C24H27N3O2S/c1-26(2)20-13-11-19(12-14-20)17-27(3)24(29)21(16-18-8-5-4-6-9-18)25-23(28)22-10-7-15-30-22/h4-15,21H,16-17H2,1-3H3,(H,25,28)/t21-/m0/s1. The summed E-state index contributed by atoms with van der Waals surface area (Å²) in [6, 6.07) is 20.8. The highest BCUT2D eigenvalue weighted by Gasteiger charge is 2.25. The normalized spacial score (nSPS) is 11.6. The number of anilines is 1. The molecule has 0 fully saturated rings. The maximum Gasteiger partial charge on any atom is 0.262 e. The van der Waals surface area contributed by atoms with Crippen LogP contribution in [0.3, 0.4) is 0 Å². The highest BCUT2D eigenvalue weighted by molar-refractivity contribution is 7.12. The van der Waals surface area contributed by atoms with Crippen LogP contribution in [-0.2, 0) is 17.8 Å². The summed E-state index contributed by atoms with van der Waals surface area (Å²) in [6.07, 6.45) is 0.445. The number of hydrogen-bond donors (Lipinski definition) is 1. The van der Waals surface area contributed by atoms with Gasteiger partial charge in [-0.2, -0.15) is 0 Å². The number of amides is 2. The molecule has 30 heavy (non-hydrogen) atoms. The van der Waals surface area contributed by atoms with Crippen LogP contribution in [0.1, 0.15) is 20.8 Å². The summed E-state index contributed by atoms with van der Waals surface area (Å²) in [5, 5.41) is 4.79. The quantitative estimate of drug-likeness (QED) is 0.602. The van der Waals surface area contributed by atoms with Crippen molar-refractivity contribution >= 4 is 28.8 Å². The number of thiophene rings is 1. The highest BCUT2D eigenvalue weighted by atomic mass is 32.1. The minimum absolute atomic E-state index is 0.111. The molecule has 0 saturated heterocycles. The number of nitrogens with one attached hydrogen (secondary N) is 1. The third-order valence-corrected chi connectivity index (χ3v) is 5.75. The molecule has 0 bridgehead atoms. The Hall–Kier alpha value is -3.12. The molecule has 6 heteroatoms. The minimum atomic E-state index is -0.631. The van der Waals surface area contributed by atoms with Gasteiger partial charge < -0.3 is 15.1 Å². The Morgan fingerprint density at radius 2 is 1.60 bits per heavy atom. The molecule has 2 amide bonds. The number of hydrogen-bond acceptors (Lipinski definition) is 4. The molecular weight excluding hydrogens is 394 g/mol. The van der Waals surface area contributed by atoms with E-state index in [2.05, 4.69) is 5.32 Å². The first kappa shape index (κ1) is 21.6. The summed E-state index contributed by atoms with van der Waals surface area (Å²) in [6.45, 7) is 0.479. The summed E-state index contributed by atoms with van der Waals surface area (Å²) < 4.78 is 0. The summed E-state index contributed by atoms with van der Waals surface area (Å²) in [5.41, 5.74) is 3.16. The van der Waals surface area contributed by atoms with Crippen molar-refractivity contribution < 1.29 is 9.59 Å². The van der Waals surface area contributed by atoms with Gasteiger partial charge in [-0.25, -0.2) is 0 Å². The molecule has 5 nitrogen and oxygen atoms in total. The lowest BCUT2D eigenvalue weighted by atomic mass is 10.0. The molecular formula is C24H27N3O2S. The van der Waals surface area contributed by atoms with Gasteiger partial charge in [-0.3, -0.25) is 9.59 Å². The number of likely N-dealkylation sites (N-methyl/N-ethyl adjacent to an activating group) is 1. The van der Waals surface area contributed by atoms with E-state index in [1.165, 1.54) is 11.3 Å². The first-order chi connectivity index (χ1) is 14.4. The van der Waals surface area contributed by atoms with Crippen molar-refractivity contribution in [3.63, 3.8) is 0 Å². The van der Waals surface area contributed by atoms with E-state index in [4.69, 9.17) is 0 Å². The van der Waals surface area contributed by atoms with Gasteiger partial charge in [-0.15, -0.1) is 11.3 Å². The zero-order valence-electron chi connectivity index (χ0n) is 17.5. The Morgan fingerprint density at radius 3 is 2.20 bits per heavy atom. The van der Waals surface area contributed by atoms with E-state index in [0.717, 1.165) is 16.8 Å². The van der Waals surface area contributed by atoms with Gasteiger partial charge in [0.2, 0.25) is 5.91 Å². The number of carbonyl (C=O) groups excluding carboxylic acids is 2. The van der Waals surface area contributed by atoms with Crippen LogP contribution in [0.2, 0.25) is 0 Å². The Morgan fingerprint density at radius 1 is 0.900 bits per heavy atom. The summed E-state index contributed by atoms with van der Waals surface area (Å²) >= 11 is 1.36. The second kappa shape index (κ2) is 10.1. The van der Waals surface area contributed by atoms with Gasteiger partial charge in [0.05, 0.1) is 4.88 Å². The van der Waals surface area contributed by atoms with Gasteiger partial charge in [-0.05, 0) is 34.7 Å². The van der Waals surface area contributed by atoms with E-state index < -0.39 is 6.04 Å². The second-order valence-corrected chi connectivity index (χ2v) is 8.40. The molecule has 0 aliphatic heterocycles. The predicted molar refractivity (Wildman–Crippen MR) is 123 cm³/mol. The molecule has 0 aliphatic rings. The maximum atomic E-state index is 13.2. The SMILES string of the molecule is CN(Cc1ccc(N(C)C)cc1)C(=O)[C@H](Cc1ccccc1)NC(=O)c1cccs1. The van der Waals surface area contributed by atoms with Crippen molar-refractivity contribution in [2.75, 3.05) is 26.0 Å². The van der Waals surface area contributed by atoms with E-state index >= 15 is 0 Å². The zero-order chi connectivity index (χ0) is 21.5. The molecule has 0 unspecified atom stereocenters. The van der Waals surface area contributed by atoms with Crippen molar-refractivity contribution in [2.24, 2.45) is 0 Å². The molecule has 1 N–H and O–H groups in total. The van der Waals surface area contributed by atoms with Crippen molar-refractivity contribution in [2.45, 2.75) is 19.0 Å². The molecule has 0 saturated carbocycles. The van der Waals surface area contributed by atoms with Crippen LogP contribution < -0.4 is 10.2 Å². The molecule has 0 spiro atoms. The molecule has 3 aromatic rings. The number of rotatable bonds is 8. The van der Waals surface area contributed by atoms with Crippen molar-refractivity contribution in [3.05, 3.63) is 88.1 Å². The van der Waals surface area contributed by atoms with Gasteiger partial charge in [0.25, 0.3) is 5.91 Å². The van der Waals surface area contributed by atoms with Gasteiger partial charge >= 0.3 is 0 Å². The molecule has 0 aliphatic carbocycles. The fourth-order valence-electron chi connectivity index (χ4n) is 3.20. The summed E-state index contributed by atoms with van der Waals surface area (Å²) in [5.74, 6) is -0.330. The molecule has 0 radical (unpaired) electrons. The van der Waals surface area contributed by atoms with Gasteiger partial charge in [-0.1, -0.05) is 48.5 Å². The van der Waals surface area contributed by atoms with Crippen LogP contribution in [0.5, 0.6) is 0 Å². The molecule has 1 heterocycles. The summed E-state index contributed by atoms with van der Waals surface area (Å²) in [7, 11) is 5.77. The minimum Gasteiger partial charge on any atom is -0.378 e. The Labute approximate surface area is 181 Å². The first-order valence-electron chi connectivity index (χ1n) is 9.83. The monoisotopic (exact) mass is 421 g/mol. The van der Waals surface area contributed by atoms with Crippen LogP contribution in [-0.4, -0.2) is 43.9 Å². The topological polar surface area (TPSA) is 52.6 Å². The van der Waals surface area contributed by atoms with Crippen molar-refractivity contribution in [1.82, 2.24) is 10.2 Å². The summed E-state index contributed by atoms with van der Waals surface area (Å²) in [4.78, 5) is 30.2. The van der Waals surface area contributed by atoms with Crippen molar-refractivity contribution in [1.29, 1.82) is 0 Å². The Bertz CT molecular complexity index is 954.